The van der Waals surface area contributed by atoms with Crippen LogP contribution in [0.2, 0.25) is 0 Å². The molecular formula is C22H17F4N5O2. The largest absolute Gasteiger partial charge is 0.487 e. The van der Waals surface area contributed by atoms with E-state index in [0.717, 1.165) is 36.3 Å². The predicted molar refractivity (Wildman–Crippen MR) is 107 cm³/mol. The number of pyridine rings is 1. The molecule has 0 bridgehead atoms. The summed E-state index contributed by atoms with van der Waals surface area (Å²) in [5, 5.41) is 21.6. The molecule has 0 spiro atoms. The Bertz CT molecular complexity index is 1210. The minimum absolute atomic E-state index is 0.195. The molecule has 170 valence electrons. The van der Waals surface area contributed by atoms with Crippen LogP contribution in [0, 0.1) is 11.6 Å². The van der Waals surface area contributed by atoms with Crippen LogP contribution in [0.1, 0.15) is 16.8 Å². The zero-order valence-corrected chi connectivity index (χ0v) is 16.9. The summed E-state index contributed by atoms with van der Waals surface area (Å²) in [6.45, 7) is -0.780. The second-order valence-corrected chi connectivity index (χ2v) is 7.18. The highest BCUT2D eigenvalue weighted by atomic mass is 19.3. The minimum atomic E-state index is -4.14. The average molecular weight is 459 g/mol. The topological polar surface area (TPSA) is 86.0 Å². The molecule has 2 aromatic heterocycles. The summed E-state index contributed by atoms with van der Waals surface area (Å²) in [5.41, 5.74) is -4.06. The second kappa shape index (κ2) is 8.94. The molecule has 11 heteroatoms. The third-order valence-corrected chi connectivity index (χ3v) is 4.96. The monoisotopic (exact) mass is 459 g/mol. The van der Waals surface area contributed by atoms with Crippen LogP contribution in [0.5, 0.6) is 5.75 Å². The normalized spacial score (nSPS) is 13.5. The SMILES string of the molecule is OC(Cn1ncnn1)(c1ccc(F)cc1F)C(F)(F)c1ccc(OCc2ccccc2)cn1. The third kappa shape index (κ3) is 4.53. The number of aliphatic hydroxyl groups is 1. The Balaban J connectivity index is 1.65. The van der Waals surface area contributed by atoms with Crippen LogP contribution in [-0.2, 0) is 24.7 Å². The summed E-state index contributed by atoms with van der Waals surface area (Å²) in [7, 11) is 0. The van der Waals surface area contributed by atoms with Crippen molar-refractivity contribution in [2.45, 2.75) is 24.7 Å². The fraction of sp³-hybridized carbons (Fsp3) is 0.182. The molecule has 0 fully saturated rings. The van der Waals surface area contributed by atoms with Crippen molar-refractivity contribution >= 4 is 0 Å². The molecule has 0 amide bonds. The first-order valence-corrected chi connectivity index (χ1v) is 9.69. The molecule has 1 unspecified atom stereocenters. The van der Waals surface area contributed by atoms with Crippen molar-refractivity contribution in [2.75, 3.05) is 0 Å². The van der Waals surface area contributed by atoms with Gasteiger partial charge in [0.05, 0.1) is 6.20 Å². The van der Waals surface area contributed by atoms with Crippen molar-refractivity contribution in [3.63, 3.8) is 0 Å². The first-order valence-electron chi connectivity index (χ1n) is 9.69. The highest BCUT2D eigenvalue weighted by Crippen LogP contribution is 2.46. The van der Waals surface area contributed by atoms with Crippen LogP contribution in [-0.4, -0.2) is 30.3 Å². The number of nitrogens with zero attached hydrogens (tertiary/aromatic N) is 5. The lowest BCUT2D eigenvalue weighted by molar-refractivity contribution is -0.209. The number of tetrazole rings is 1. The van der Waals surface area contributed by atoms with E-state index in [0.29, 0.717) is 10.9 Å². The van der Waals surface area contributed by atoms with Crippen molar-refractivity contribution < 1.29 is 27.4 Å². The second-order valence-electron chi connectivity index (χ2n) is 7.18. The Morgan fingerprint density at radius 1 is 1.00 bits per heavy atom. The van der Waals surface area contributed by atoms with E-state index in [2.05, 4.69) is 20.4 Å². The van der Waals surface area contributed by atoms with E-state index in [1.807, 2.05) is 30.3 Å². The number of rotatable bonds is 8. The van der Waals surface area contributed by atoms with Crippen molar-refractivity contribution in [2.24, 2.45) is 0 Å². The van der Waals surface area contributed by atoms with Gasteiger partial charge >= 0.3 is 5.92 Å². The van der Waals surface area contributed by atoms with Gasteiger partial charge in [-0.15, -0.1) is 10.2 Å². The molecule has 33 heavy (non-hydrogen) atoms. The Labute approximate surface area is 185 Å². The van der Waals surface area contributed by atoms with Crippen molar-refractivity contribution in [1.29, 1.82) is 0 Å². The molecule has 0 aliphatic carbocycles. The van der Waals surface area contributed by atoms with Gasteiger partial charge in [0.2, 0.25) is 0 Å². The number of halogens is 4. The molecule has 0 saturated carbocycles. The van der Waals surface area contributed by atoms with Gasteiger partial charge in [0, 0.05) is 11.6 Å². The van der Waals surface area contributed by atoms with Crippen molar-refractivity contribution in [1.82, 2.24) is 25.2 Å². The van der Waals surface area contributed by atoms with Gasteiger partial charge in [-0.2, -0.15) is 13.6 Å². The molecule has 4 rings (SSSR count). The third-order valence-electron chi connectivity index (χ3n) is 4.96. The van der Waals surface area contributed by atoms with E-state index in [1.54, 1.807) is 0 Å². The van der Waals surface area contributed by atoms with Crippen LogP contribution in [0.15, 0.2) is 73.2 Å². The number of ether oxygens (including phenoxy) is 1. The van der Waals surface area contributed by atoms with E-state index >= 15 is 8.78 Å². The molecule has 0 radical (unpaired) electrons. The maximum atomic E-state index is 15.6. The smallest absolute Gasteiger partial charge is 0.323 e. The molecule has 0 aliphatic heterocycles. The van der Waals surface area contributed by atoms with Gasteiger partial charge in [0.1, 0.15) is 36.2 Å². The highest BCUT2D eigenvalue weighted by Gasteiger charge is 2.58. The fourth-order valence-electron chi connectivity index (χ4n) is 3.25. The van der Waals surface area contributed by atoms with E-state index in [1.165, 1.54) is 6.07 Å². The van der Waals surface area contributed by atoms with Crippen molar-refractivity contribution in [3.8, 4) is 5.75 Å². The number of aromatic nitrogens is 5. The quantitative estimate of drug-likeness (QED) is 0.405. The molecule has 0 saturated heterocycles. The first-order chi connectivity index (χ1) is 15.8. The maximum absolute atomic E-state index is 15.6. The van der Waals surface area contributed by atoms with Gasteiger partial charge in [0.15, 0.2) is 11.9 Å². The average Bonchev–Trinajstić information content (AvgIpc) is 3.31. The summed E-state index contributed by atoms with van der Waals surface area (Å²) in [5.74, 6) is -6.27. The van der Waals surface area contributed by atoms with E-state index in [9.17, 15) is 13.9 Å². The van der Waals surface area contributed by atoms with Crippen LogP contribution in [0.3, 0.4) is 0 Å². The Morgan fingerprint density at radius 3 is 2.42 bits per heavy atom. The van der Waals surface area contributed by atoms with Crippen LogP contribution >= 0.6 is 0 Å². The summed E-state index contributed by atoms with van der Waals surface area (Å²) in [6.07, 6.45) is 2.04. The van der Waals surface area contributed by atoms with Crippen LogP contribution in [0.25, 0.3) is 0 Å². The number of benzene rings is 2. The van der Waals surface area contributed by atoms with Gasteiger partial charge < -0.3 is 9.84 Å². The predicted octanol–water partition coefficient (Wildman–Crippen LogP) is 3.61. The maximum Gasteiger partial charge on any atom is 0.323 e. The number of hydrogen-bond donors (Lipinski definition) is 1. The van der Waals surface area contributed by atoms with Crippen molar-refractivity contribution in [3.05, 3.63) is 102 Å². The Kier molecular flexibility index (Phi) is 6.05. The molecule has 1 N–H and O–H groups in total. The molecule has 2 heterocycles. The summed E-state index contributed by atoms with van der Waals surface area (Å²) < 4.78 is 64.7. The summed E-state index contributed by atoms with van der Waals surface area (Å²) in [4.78, 5) is 4.41. The van der Waals surface area contributed by atoms with Gasteiger partial charge in [-0.3, -0.25) is 4.98 Å². The highest BCUT2D eigenvalue weighted by molar-refractivity contribution is 5.32. The Hall–Kier alpha value is -3.86. The molecule has 0 aliphatic rings. The Morgan fingerprint density at radius 2 is 1.79 bits per heavy atom. The number of hydrogen-bond acceptors (Lipinski definition) is 6. The van der Waals surface area contributed by atoms with Gasteiger partial charge in [-0.05, 0) is 35.0 Å². The van der Waals surface area contributed by atoms with Crippen LogP contribution < -0.4 is 4.74 Å². The van der Waals surface area contributed by atoms with Gasteiger partial charge in [0.25, 0.3) is 0 Å². The first kappa shape index (κ1) is 22.3. The molecule has 4 aromatic rings. The molecule has 2 aromatic carbocycles. The van der Waals surface area contributed by atoms with E-state index in [4.69, 9.17) is 4.74 Å². The number of alkyl halides is 2. The summed E-state index contributed by atoms with van der Waals surface area (Å²) in [6, 6.07) is 13.3. The molecule has 7 nitrogen and oxygen atoms in total. The standard InChI is InChI=1S/C22H17F4N5O2/c23-16-6-8-18(19(24)10-16)21(32,13-31-29-14-28-30-31)22(25,26)20-9-7-17(11-27-20)33-12-15-4-2-1-3-5-15/h1-11,14,32H,12-13H2. The molecular weight excluding hydrogens is 442 g/mol. The summed E-state index contributed by atoms with van der Waals surface area (Å²) >= 11 is 0. The molecule has 1 atom stereocenters. The zero-order chi connectivity index (χ0) is 23.5. The van der Waals surface area contributed by atoms with Crippen LogP contribution in [0.4, 0.5) is 17.6 Å². The lowest BCUT2D eigenvalue weighted by Gasteiger charge is -2.35. The minimum Gasteiger partial charge on any atom is -0.487 e. The lowest BCUT2D eigenvalue weighted by Crippen LogP contribution is -2.48. The zero-order valence-electron chi connectivity index (χ0n) is 16.9. The fourth-order valence-corrected chi connectivity index (χ4v) is 3.25. The van der Waals surface area contributed by atoms with Gasteiger partial charge in [-0.1, -0.05) is 30.3 Å². The van der Waals surface area contributed by atoms with E-state index in [-0.39, 0.29) is 12.4 Å². The lowest BCUT2D eigenvalue weighted by atomic mass is 9.84. The van der Waals surface area contributed by atoms with Gasteiger partial charge in [-0.25, -0.2) is 8.78 Å². The van der Waals surface area contributed by atoms with E-state index < -0.39 is 41.0 Å².